The molecule has 4 rings (SSSR count). The highest BCUT2D eigenvalue weighted by Crippen LogP contribution is 2.24. The lowest BCUT2D eigenvalue weighted by molar-refractivity contribution is 0.101. The molecule has 0 spiro atoms. The summed E-state index contributed by atoms with van der Waals surface area (Å²) in [6.45, 7) is 5.14. The van der Waals surface area contributed by atoms with E-state index in [2.05, 4.69) is 10.5 Å². The third kappa shape index (κ3) is 4.55. The van der Waals surface area contributed by atoms with Gasteiger partial charge in [0.25, 0.3) is 5.91 Å². The summed E-state index contributed by atoms with van der Waals surface area (Å²) in [7, 11) is -3.50. The maximum atomic E-state index is 12.7. The number of rotatable bonds is 5. The Balaban J connectivity index is 1.45. The largest absolute Gasteiger partial charge is 0.355 e. The highest BCUT2D eigenvalue weighted by molar-refractivity contribution is 7.89. The fourth-order valence-electron chi connectivity index (χ4n) is 3.57. The number of nitrogens with one attached hydrogen (secondary N) is 1. The van der Waals surface area contributed by atoms with Gasteiger partial charge < -0.3 is 9.84 Å². The molecule has 162 valence electrons. The van der Waals surface area contributed by atoms with E-state index in [1.807, 2.05) is 32.0 Å². The molecule has 1 aliphatic rings. The van der Waals surface area contributed by atoms with E-state index in [1.54, 1.807) is 18.2 Å². The van der Waals surface area contributed by atoms with Crippen LogP contribution < -0.4 is 5.32 Å². The molecule has 1 amide bonds. The molecule has 1 saturated heterocycles. The Hall–Kier alpha value is -2.97. The Morgan fingerprint density at radius 3 is 2.35 bits per heavy atom. The van der Waals surface area contributed by atoms with E-state index in [0.29, 0.717) is 24.5 Å². The smallest absolute Gasteiger partial charge is 0.277 e. The third-order valence-corrected chi connectivity index (χ3v) is 7.51. The molecule has 2 aromatic carbocycles. The van der Waals surface area contributed by atoms with Crippen LogP contribution in [0, 0.1) is 13.8 Å². The molecule has 1 fully saturated rings. The molecule has 1 aliphatic heterocycles. The lowest BCUT2D eigenvalue weighted by Crippen LogP contribution is -2.35. The van der Waals surface area contributed by atoms with Crippen molar-refractivity contribution in [2.75, 3.05) is 18.4 Å². The van der Waals surface area contributed by atoms with E-state index in [0.717, 1.165) is 30.4 Å². The van der Waals surface area contributed by atoms with Crippen molar-refractivity contribution >= 4 is 21.6 Å². The molecular formula is C23H25N3O4S. The molecule has 8 heteroatoms. The topological polar surface area (TPSA) is 92.5 Å². The lowest BCUT2D eigenvalue weighted by atomic mass is 10.0. The van der Waals surface area contributed by atoms with E-state index >= 15 is 0 Å². The number of anilines is 1. The molecular weight excluding hydrogens is 414 g/mol. The average molecular weight is 440 g/mol. The summed E-state index contributed by atoms with van der Waals surface area (Å²) in [5, 5.41) is 6.60. The minimum Gasteiger partial charge on any atom is -0.355 e. The molecule has 0 atom stereocenters. The van der Waals surface area contributed by atoms with Gasteiger partial charge in [-0.2, -0.15) is 4.31 Å². The lowest BCUT2D eigenvalue weighted by Gasteiger charge is -2.25. The maximum absolute atomic E-state index is 12.7. The summed E-state index contributed by atoms with van der Waals surface area (Å²) in [5.41, 5.74) is 3.78. The van der Waals surface area contributed by atoms with Crippen LogP contribution in [0.15, 0.2) is 57.9 Å². The predicted octanol–water partition coefficient (Wildman–Crippen LogP) is 4.39. The number of piperidine rings is 1. The molecule has 1 N–H and O–H groups in total. The van der Waals surface area contributed by atoms with Crippen molar-refractivity contribution < 1.29 is 17.7 Å². The number of benzene rings is 2. The van der Waals surface area contributed by atoms with E-state index in [1.165, 1.54) is 22.0 Å². The number of amides is 1. The number of hydrogen-bond acceptors (Lipinski definition) is 5. The molecule has 7 nitrogen and oxygen atoms in total. The summed E-state index contributed by atoms with van der Waals surface area (Å²) < 4.78 is 32.3. The molecule has 0 bridgehead atoms. The third-order valence-electron chi connectivity index (χ3n) is 5.60. The highest BCUT2D eigenvalue weighted by Gasteiger charge is 2.25. The van der Waals surface area contributed by atoms with Crippen molar-refractivity contribution in [2.24, 2.45) is 0 Å². The molecule has 31 heavy (non-hydrogen) atoms. The zero-order valence-corrected chi connectivity index (χ0v) is 18.4. The number of sulfonamides is 1. The van der Waals surface area contributed by atoms with Gasteiger partial charge in [0.2, 0.25) is 10.0 Å². The number of aryl methyl sites for hydroxylation is 2. The first-order chi connectivity index (χ1) is 14.8. The second-order valence-corrected chi connectivity index (χ2v) is 9.76. The summed E-state index contributed by atoms with van der Waals surface area (Å²) >= 11 is 0. The zero-order chi connectivity index (χ0) is 22.0. The maximum Gasteiger partial charge on any atom is 0.277 e. The first kappa shape index (κ1) is 21.3. The first-order valence-electron chi connectivity index (χ1n) is 10.3. The van der Waals surface area contributed by atoms with Crippen LogP contribution in [0.5, 0.6) is 0 Å². The van der Waals surface area contributed by atoms with Gasteiger partial charge in [-0.05, 0) is 68.1 Å². The summed E-state index contributed by atoms with van der Waals surface area (Å²) in [6, 6.07) is 13.7. The van der Waals surface area contributed by atoms with Gasteiger partial charge in [0, 0.05) is 30.4 Å². The van der Waals surface area contributed by atoms with Crippen molar-refractivity contribution in [3.05, 3.63) is 65.4 Å². The minimum absolute atomic E-state index is 0.151. The highest BCUT2D eigenvalue weighted by atomic mass is 32.2. The Morgan fingerprint density at radius 1 is 0.968 bits per heavy atom. The molecule has 3 aromatic rings. The van der Waals surface area contributed by atoms with Gasteiger partial charge >= 0.3 is 0 Å². The zero-order valence-electron chi connectivity index (χ0n) is 17.6. The van der Waals surface area contributed by atoms with Crippen molar-refractivity contribution in [1.29, 1.82) is 0 Å². The van der Waals surface area contributed by atoms with Crippen LogP contribution in [-0.2, 0) is 10.0 Å². The van der Waals surface area contributed by atoms with Crippen LogP contribution in [0.1, 0.15) is 40.9 Å². The van der Waals surface area contributed by atoms with E-state index in [9.17, 15) is 13.2 Å². The second-order valence-electron chi connectivity index (χ2n) is 7.82. The summed E-state index contributed by atoms with van der Waals surface area (Å²) in [4.78, 5) is 12.8. The fourth-order valence-corrected chi connectivity index (χ4v) is 5.09. The quantitative estimate of drug-likeness (QED) is 0.637. The fraction of sp³-hybridized carbons (Fsp3) is 0.304. The number of hydrogen-bond donors (Lipinski definition) is 1. The standard InChI is InChI=1S/C23H25N3O4S/c1-16-6-7-18(14-17(16)2)22-15-21(25-30-22)23(27)24-19-8-10-20(11-9-19)31(28,29)26-12-4-3-5-13-26/h6-11,14-15H,3-5,12-13H2,1-2H3,(H,24,27). The van der Waals surface area contributed by atoms with Crippen molar-refractivity contribution in [3.8, 4) is 11.3 Å². The Morgan fingerprint density at radius 2 is 1.68 bits per heavy atom. The molecule has 2 heterocycles. The summed E-state index contributed by atoms with van der Waals surface area (Å²) in [5.74, 6) is 0.0849. The molecule has 0 saturated carbocycles. The second kappa shape index (κ2) is 8.64. The molecule has 1 aromatic heterocycles. The Kier molecular flexibility index (Phi) is 5.93. The van der Waals surface area contributed by atoms with Crippen LogP contribution in [0.3, 0.4) is 0 Å². The Bertz CT molecular complexity index is 1190. The monoisotopic (exact) mass is 439 g/mol. The normalized spacial score (nSPS) is 15.0. The number of aromatic nitrogens is 1. The van der Waals surface area contributed by atoms with Gasteiger partial charge in [-0.1, -0.05) is 23.7 Å². The van der Waals surface area contributed by atoms with Crippen LogP contribution in [0.4, 0.5) is 5.69 Å². The van der Waals surface area contributed by atoms with Gasteiger partial charge in [0.05, 0.1) is 4.90 Å². The minimum atomic E-state index is -3.50. The summed E-state index contributed by atoms with van der Waals surface area (Å²) in [6.07, 6.45) is 2.83. The van der Waals surface area contributed by atoms with Gasteiger partial charge in [0.15, 0.2) is 11.5 Å². The number of carbonyl (C=O) groups is 1. The number of carbonyl (C=O) groups excluding carboxylic acids is 1. The van der Waals surface area contributed by atoms with Crippen molar-refractivity contribution in [3.63, 3.8) is 0 Å². The van der Waals surface area contributed by atoms with E-state index in [-0.39, 0.29) is 10.6 Å². The van der Waals surface area contributed by atoms with E-state index < -0.39 is 15.9 Å². The molecule has 0 unspecified atom stereocenters. The van der Waals surface area contributed by atoms with Crippen molar-refractivity contribution in [1.82, 2.24) is 9.46 Å². The van der Waals surface area contributed by atoms with Gasteiger partial charge in [-0.25, -0.2) is 8.42 Å². The van der Waals surface area contributed by atoms with Gasteiger partial charge in [-0.15, -0.1) is 0 Å². The SMILES string of the molecule is Cc1ccc(-c2cc(C(=O)Nc3ccc(S(=O)(=O)N4CCCCC4)cc3)no2)cc1C. The van der Waals surface area contributed by atoms with Crippen LogP contribution in [-0.4, -0.2) is 36.9 Å². The van der Waals surface area contributed by atoms with E-state index in [4.69, 9.17) is 4.52 Å². The Labute approximate surface area is 182 Å². The molecule has 0 aliphatic carbocycles. The first-order valence-corrected chi connectivity index (χ1v) is 11.7. The van der Waals surface area contributed by atoms with Gasteiger partial charge in [-0.3, -0.25) is 4.79 Å². The van der Waals surface area contributed by atoms with Crippen LogP contribution in [0.25, 0.3) is 11.3 Å². The van der Waals surface area contributed by atoms with Crippen LogP contribution >= 0.6 is 0 Å². The van der Waals surface area contributed by atoms with Crippen LogP contribution in [0.2, 0.25) is 0 Å². The van der Waals surface area contributed by atoms with Crippen molar-refractivity contribution in [2.45, 2.75) is 38.0 Å². The predicted molar refractivity (Wildman–Crippen MR) is 118 cm³/mol. The number of nitrogens with zero attached hydrogens (tertiary/aromatic N) is 2. The molecule has 0 radical (unpaired) electrons. The van der Waals surface area contributed by atoms with Gasteiger partial charge in [0.1, 0.15) is 0 Å². The average Bonchev–Trinajstić information content (AvgIpc) is 3.27.